The summed E-state index contributed by atoms with van der Waals surface area (Å²) in [6.07, 6.45) is 2.95. The fraction of sp³-hybridized carbons (Fsp3) is 0.368. The Morgan fingerprint density at radius 2 is 1.62 bits per heavy atom. The number of halogens is 1. The lowest BCUT2D eigenvalue weighted by atomic mass is 9.91. The van der Waals surface area contributed by atoms with E-state index in [9.17, 15) is 4.39 Å². The number of hydrogen-bond acceptors (Lipinski definition) is 1. The number of likely N-dealkylation sites (N-methyl/N-ethyl adjacent to an activating group) is 1. The highest BCUT2D eigenvalue weighted by Crippen LogP contribution is 2.24. The molecule has 0 bridgehead atoms. The summed E-state index contributed by atoms with van der Waals surface area (Å²) in [5, 5.41) is 3.41. The van der Waals surface area contributed by atoms with Gasteiger partial charge in [-0.15, -0.1) is 0 Å². The lowest BCUT2D eigenvalue weighted by Gasteiger charge is -2.21. The van der Waals surface area contributed by atoms with Crippen molar-refractivity contribution in [2.45, 2.75) is 39.2 Å². The molecule has 2 rings (SSSR count). The molecule has 2 aromatic rings. The zero-order chi connectivity index (χ0) is 15.2. The zero-order valence-electron chi connectivity index (χ0n) is 13.1. The van der Waals surface area contributed by atoms with E-state index >= 15 is 0 Å². The summed E-state index contributed by atoms with van der Waals surface area (Å²) in [6, 6.07) is 13.8. The molecule has 0 aliphatic carbocycles. The van der Waals surface area contributed by atoms with Crippen LogP contribution < -0.4 is 5.32 Å². The van der Waals surface area contributed by atoms with Crippen molar-refractivity contribution in [3.05, 3.63) is 70.5 Å². The van der Waals surface area contributed by atoms with Gasteiger partial charge in [-0.25, -0.2) is 4.39 Å². The fourth-order valence-electron chi connectivity index (χ4n) is 2.73. The maximum absolute atomic E-state index is 13.0. The van der Waals surface area contributed by atoms with Crippen LogP contribution in [-0.4, -0.2) is 7.05 Å². The lowest BCUT2D eigenvalue weighted by molar-refractivity contribution is 0.583. The van der Waals surface area contributed by atoms with E-state index in [2.05, 4.69) is 37.4 Å². The monoisotopic (exact) mass is 285 g/mol. The average molecular weight is 285 g/mol. The van der Waals surface area contributed by atoms with Crippen molar-refractivity contribution in [3.8, 4) is 0 Å². The molecule has 1 atom stereocenters. The summed E-state index contributed by atoms with van der Waals surface area (Å²) < 4.78 is 13.0. The van der Waals surface area contributed by atoms with Gasteiger partial charge in [0, 0.05) is 6.04 Å². The van der Waals surface area contributed by atoms with E-state index < -0.39 is 0 Å². The summed E-state index contributed by atoms with van der Waals surface area (Å²) in [5.74, 6) is -0.179. The molecule has 0 heterocycles. The largest absolute Gasteiger partial charge is 0.313 e. The van der Waals surface area contributed by atoms with Gasteiger partial charge in [0.25, 0.3) is 0 Å². The molecule has 0 amide bonds. The Kier molecular flexibility index (Phi) is 5.51. The van der Waals surface area contributed by atoms with Gasteiger partial charge in [0.15, 0.2) is 0 Å². The second-order valence-electron chi connectivity index (χ2n) is 5.41. The van der Waals surface area contributed by atoms with Crippen LogP contribution in [0.5, 0.6) is 0 Å². The second-order valence-corrected chi connectivity index (χ2v) is 5.41. The molecule has 0 saturated carbocycles. The van der Waals surface area contributed by atoms with Crippen LogP contribution in [0.1, 0.15) is 42.1 Å². The minimum absolute atomic E-state index is 0.179. The maximum Gasteiger partial charge on any atom is 0.123 e. The van der Waals surface area contributed by atoms with E-state index in [-0.39, 0.29) is 11.9 Å². The predicted octanol–water partition coefficient (Wildman–Crippen LogP) is 4.45. The van der Waals surface area contributed by atoms with Crippen molar-refractivity contribution in [1.29, 1.82) is 0 Å². The molecule has 0 aliphatic heterocycles. The zero-order valence-corrected chi connectivity index (χ0v) is 13.1. The smallest absolute Gasteiger partial charge is 0.123 e. The molecule has 2 heteroatoms. The number of hydrogen-bond donors (Lipinski definition) is 1. The van der Waals surface area contributed by atoms with Crippen molar-refractivity contribution in [3.63, 3.8) is 0 Å². The molecule has 0 fully saturated rings. The van der Waals surface area contributed by atoms with Crippen molar-refractivity contribution in [2.75, 3.05) is 7.05 Å². The van der Waals surface area contributed by atoms with Gasteiger partial charge in [-0.05, 0) is 60.7 Å². The van der Waals surface area contributed by atoms with Gasteiger partial charge >= 0.3 is 0 Å². The van der Waals surface area contributed by atoms with Crippen molar-refractivity contribution in [1.82, 2.24) is 5.32 Å². The Labute approximate surface area is 127 Å². The third-order valence-corrected chi connectivity index (χ3v) is 4.08. The van der Waals surface area contributed by atoms with Crippen LogP contribution in [0, 0.1) is 5.82 Å². The van der Waals surface area contributed by atoms with Gasteiger partial charge in [-0.2, -0.15) is 0 Å². The molecule has 1 unspecified atom stereocenters. The van der Waals surface area contributed by atoms with Crippen LogP contribution >= 0.6 is 0 Å². The first kappa shape index (κ1) is 15.7. The van der Waals surface area contributed by atoms with E-state index in [0.717, 1.165) is 24.8 Å². The molecular weight excluding hydrogens is 261 g/mol. The third kappa shape index (κ3) is 3.92. The van der Waals surface area contributed by atoms with E-state index in [1.54, 1.807) is 0 Å². The number of benzene rings is 2. The molecule has 1 nitrogen and oxygen atoms in total. The highest BCUT2D eigenvalue weighted by molar-refractivity contribution is 5.36. The van der Waals surface area contributed by atoms with Crippen LogP contribution in [-0.2, 0) is 19.3 Å². The average Bonchev–Trinajstić information content (AvgIpc) is 2.53. The molecular formula is C19H24FN. The SMILES string of the molecule is CCc1ccc(CC)c(C(Cc2ccc(F)cc2)NC)c1. The molecule has 0 aliphatic rings. The van der Waals surface area contributed by atoms with Gasteiger partial charge < -0.3 is 5.32 Å². The van der Waals surface area contributed by atoms with Gasteiger partial charge in [-0.1, -0.05) is 44.2 Å². The van der Waals surface area contributed by atoms with Crippen LogP contribution in [0.2, 0.25) is 0 Å². The van der Waals surface area contributed by atoms with Gasteiger partial charge in [0.05, 0.1) is 0 Å². The minimum Gasteiger partial charge on any atom is -0.313 e. The predicted molar refractivity (Wildman–Crippen MR) is 87.1 cm³/mol. The van der Waals surface area contributed by atoms with E-state index in [1.807, 2.05) is 19.2 Å². The highest BCUT2D eigenvalue weighted by atomic mass is 19.1. The normalized spacial score (nSPS) is 12.4. The van der Waals surface area contributed by atoms with E-state index in [4.69, 9.17) is 0 Å². The first-order valence-corrected chi connectivity index (χ1v) is 7.71. The van der Waals surface area contributed by atoms with Crippen LogP contribution in [0.15, 0.2) is 42.5 Å². The Balaban J connectivity index is 2.29. The van der Waals surface area contributed by atoms with E-state index in [0.29, 0.717) is 0 Å². The van der Waals surface area contributed by atoms with Crippen molar-refractivity contribution < 1.29 is 4.39 Å². The number of rotatable bonds is 6. The highest BCUT2D eigenvalue weighted by Gasteiger charge is 2.14. The summed E-state index contributed by atoms with van der Waals surface area (Å²) in [5.41, 5.74) is 5.26. The molecule has 1 N–H and O–H groups in total. The number of nitrogens with one attached hydrogen (secondary N) is 1. The Hall–Kier alpha value is -1.67. The number of aryl methyl sites for hydroxylation is 2. The molecule has 0 radical (unpaired) electrons. The minimum atomic E-state index is -0.179. The molecule has 0 saturated heterocycles. The topological polar surface area (TPSA) is 12.0 Å². The van der Waals surface area contributed by atoms with Gasteiger partial charge in [0.2, 0.25) is 0 Å². The quantitative estimate of drug-likeness (QED) is 0.826. The Morgan fingerprint density at radius 1 is 0.952 bits per heavy atom. The summed E-state index contributed by atoms with van der Waals surface area (Å²) >= 11 is 0. The third-order valence-electron chi connectivity index (χ3n) is 4.08. The molecule has 2 aromatic carbocycles. The summed E-state index contributed by atoms with van der Waals surface area (Å²) in [7, 11) is 1.99. The Morgan fingerprint density at radius 3 is 2.19 bits per heavy atom. The maximum atomic E-state index is 13.0. The van der Waals surface area contributed by atoms with Crippen molar-refractivity contribution >= 4 is 0 Å². The van der Waals surface area contributed by atoms with Crippen LogP contribution in [0.25, 0.3) is 0 Å². The van der Waals surface area contributed by atoms with Gasteiger partial charge in [-0.3, -0.25) is 0 Å². The first-order valence-electron chi connectivity index (χ1n) is 7.71. The van der Waals surface area contributed by atoms with E-state index in [1.165, 1.54) is 28.8 Å². The fourth-order valence-corrected chi connectivity index (χ4v) is 2.73. The molecule has 112 valence electrons. The standard InChI is InChI=1S/C19H24FN/c1-4-14-6-9-16(5-2)18(12-14)19(21-3)13-15-7-10-17(20)11-8-15/h6-12,19,21H,4-5,13H2,1-3H3. The van der Waals surface area contributed by atoms with Crippen LogP contribution in [0.4, 0.5) is 4.39 Å². The van der Waals surface area contributed by atoms with Crippen molar-refractivity contribution in [2.24, 2.45) is 0 Å². The summed E-state index contributed by atoms with van der Waals surface area (Å²) in [6.45, 7) is 4.37. The lowest BCUT2D eigenvalue weighted by Crippen LogP contribution is -2.20. The van der Waals surface area contributed by atoms with Crippen LogP contribution in [0.3, 0.4) is 0 Å². The first-order chi connectivity index (χ1) is 10.2. The Bertz CT molecular complexity index is 575. The molecule has 0 aromatic heterocycles. The second kappa shape index (κ2) is 7.37. The molecule has 21 heavy (non-hydrogen) atoms. The molecule has 0 spiro atoms. The summed E-state index contributed by atoms with van der Waals surface area (Å²) in [4.78, 5) is 0. The van der Waals surface area contributed by atoms with Gasteiger partial charge in [0.1, 0.15) is 5.82 Å².